The van der Waals surface area contributed by atoms with Crippen LogP contribution in [0.5, 0.6) is 0 Å². The second kappa shape index (κ2) is 10.2. The molecule has 176 valence electrons. The number of benzene rings is 2. The number of nitrogens with zero attached hydrogens (tertiary/aromatic N) is 2. The van der Waals surface area contributed by atoms with Gasteiger partial charge in [0.2, 0.25) is 0 Å². The largest absolute Gasteiger partial charge is 0.501 e. The summed E-state index contributed by atoms with van der Waals surface area (Å²) in [6.45, 7) is 2.98. The Morgan fingerprint density at radius 1 is 0.971 bits per heavy atom. The minimum atomic E-state index is -2.30. The molecule has 35 heavy (non-hydrogen) atoms. The number of hydrogen-bond donors (Lipinski definition) is 0. The minimum absolute atomic E-state index is 0.770. The summed E-state index contributed by atoms with van der Waals surface area (Å²) < 4.78 is 10.1. The molecule has 5 heteroatoms. The van der Waals surface area contributed by atoms with E-state index in [0.29, 0.717) is 0 Å². The molecule has 0 bridgehead atoms. The van der Waals surface area contributed by atoms with Gasteiger partial charge in [0.05, 0.1) is 25.1 Å². The van der Waals surface area contributed by atoms with Crippen LogP contribution in [-0.2, 0) is 23.1 Å². The SMILES string of the molecule is COC1=CC(/C=C/Cn2c(C)c(P(=S)(c3ccccc3)c3ccccc3)[n+]3ccccc23)=CCC1. The molecule has 3 nitrogen and oxygen atoms in total. The number of imidazole rings is 1. The molecule has 0 aliphatic heterocycles. The highest BCUT2D eigenvalue weighted by atomic mass is 32.4. The van der Waals surface area contributed by atoms with Crippen molar-refractivity contribution in [1.29, 1.82) is 0 Å². The summed E-state index contributed by atoms with van der Waals surface area (Å²) in [5.74, 6) is 1.04. The smallest absolute Gasteiger partial charge is 0.287 e. The maximum absolute atomic E-state index is 6.70. The summed E-state index contributed by atoms with van der Waals surface area (Å²) in [6, 6.07) is 25.4. The van der Waals surface area contributed by atoms with E-state index in [1.807, 2.05) is 0 Å². The summed E-state index contributed by atoms with van der Waals surface area (Å²) in [7, 11) is 1.75. The zero-order chi connectivity index (χ0) is 24.3. The highest BCUT2D eigenvalue weighted by Crippen LogP contribution is 2.42. The van der Waals surface area contributed by atoms with Gasteiger partial charge in [-0.1, -0.05) is 90.7 Å². The van der Waals surface area contributed by atoms with Gasteiger partial charge in [-0.25, -0.2) is 4.57 Å². The molecule has 1 aliphatic rings. The summed E-state index contributed by atoms with van der Waals surface area (Å²) in [4.78, 5) is 0. The second-order valence-corrected chi connectivity index (χ2v) is 13.0. The normalized spacial score (nSPS) is 14.2. The average Bonchev–Trinajstić information content (AvgIpc) is 3.21. The lowest BCUT2D eigenvalue weighted by Gasteiger charge is -2.21. The number of allylic oxidation sites excluding steroid dienone is 6. The number of aromatic nitrogens is 2. The van der Waals surface area contributed by atoms with Crippen molar-refractivity contribution in [3.05, 3.63) is 126 Å². The Kier molecular flexibility index (Phi) is 6.86. The zero-order valence-corrected chi connectivity index (χ0v) is 21.9. The van der Waals surface area contributed by atoms with Gasteiger partial charge in [-0.2, -0.15) is 4.40 Å². The molecule has 5 rings (SSSR count). The number of methoxy groups -OCH3 is 1. The topological polar surface area (TPSA) is 18.3 Å². The summed E-state index contributed by atoms with van der Waals surface area (Å²) in [6.07, 6.45) is 13.0. The van der Waals surface area contributed by atoms with Gasteiger partial charge in [-0.3, -0.25) is 0 Å². The molecule has 0 saturated heterocycles. The van der Waals surface area contributed by atoms with Crippen LogP contribution < -0.4 is 20.4 Å². The Bertz CT molecular complexity index is 1440. The van der Waals surface area contributed by atoms with Gasteiger partial charge in [-0.15, -0.1) is 0 Å². The van der Waals surface area contributed by atoms with Crippen LogP contribution in [0, 0.1) is 6.92 Å². The molecule has 2 aromatic carbocycles. The summed E-state index contributed by atoms with van der Waals surface area (Å²) >= 11 is 6.70. The van der Waals surface area contributed by atoms with E-state index in [-0.39, 0.29) is 0 Å². The van der Waals surface area contributed by atoms with Gasteiger partial charge in [-0.05, 0) is 40.8 Å². The van der Waals surface area contributed by atoms with Crippen molar-refractivity contribution >= 4 is 39.5 Å². The lowest BCUT2D eigenvalue weighted by atomic mass is 10.1. The molecule has 0 saturated carbocycles. The fourth-order valence-electron chi connectivity index (χ4n) is 4.85. The van der Waals surface area contributed by atoms with E-state index in [9.17, 15) is 0 Å². The first-order chi connectivity index (χ1) is 17.1. The first-order valence-electron chi connectivity index (χ1n) is 12.0. The lowest BCUT2D eigenvalue weighted by molar-refractivity contribution is -0.490. The molecular weight excluding hydrogens is 467 g/mol. The van der Waals surface area contributed by atoms with Gasteiger partial charge in [0.15, 0.2) is 5.44 Å². The number of rotatable bonds is 7. The Hall–Kier alpha value is -3.20. The Balaban J connectivity index is 1.64. The van der Waals surface area contributed by atoms with E-state index in [1.54, 1.807) is 7.11 Å². The predicted octanol–water partition coefficient (Wildman–Crippen LogP) is 5.10. The van der Waals surface area contributed by atoms with Crippen molar-refractivity contribution in [3.8, 4) is 0 Å². The highest BCUT2D eigenvalue weighted by molar-refractivity contribution is 8.25. The van der Waals surface area contributed by atoms with E-state index >= 15 is 0 Å². The van der Waals surface area contributed by atoms with Gasteiger partial charge < -0.3 is 4.74 Å². The van der Waals surface area contributed by atoms with Crippen LogP contribution in [0.25, 0.3) is 5.65 Å². The molecule has 2 aromatic heterocycles. The van der Waals surface area contributed by atoms with Crippen LogP contribution in [0.3, 0.4) is 0 Å². The molecular formula is C30H30N2OPS+. The third-order valence-corrected chi connectivity index (χ3v) is 11.5. The van der Waals surface area contributed by atoms with Crippen LogP contribution in [-0.4, -0.2) is 11.7 Å². The van der Waals surface area contributed by atoms with Gasteiger partial charge in [0, 0.05) is 19.4 Å². The third-order valence-electron chi connectivity index (χ3n) is 6.57. The zero-order valence-electron chi connectivity index (χ0n) is 20.2. The van der Waals surface area contributed by atoms with Gasteiger partial charge in [0.25, 0.3) is 5.65 Å². The van der Waals surface area contributed by atoms with E-state index in [2.05, 4.69) is 125 Å². The number of fused-ring (bicyclic) bond motifs is 1. The first-order valence-corrected chi connectivity index (χ1v) is 14.8. The predicted molar refractivity (Wildman–Crippen MR) is 150 cm³/mol. The van der Waals surface area contributed by atoms with Gasteiger partial charge >= 0.3 is 0 Å². The molecule has 0 spiro atoms. The van der Waals surface area contributed by atoms with Crippen molar-refractivity contribution in [3.63, 3.8) is 0 Å². The summed E-state index contributed by atoms with van der Waals surface area (Å²) in [5.41, 5.74) is 4.78. The number of pyridine rings is 1. The molecule has 0 N–H and O–H groups in total. The fourth-order valence-corrected chi connectivity index (χ4v) is 9.26. The quantitative estimate of drug-likeness (QED) is 0.261. The molecule has 0 fully saturated rings. The van der Waals surface area contributed by atoms with E-state index in [1.165, 1.54) is 27.3 Å². The summed E-state index contributed by atoms with van der Waals surface area (Å²) in [5, 5.41) is 2.42. The highest BCUT2D eigenvalue weighted by Gasteiger charge is 2.36. The number of ether oxygens (including phenoxy) is 1. The first kappa shape index (κ1) is 23.5. The van der Waals surface area contributed by atoms with Crippen molar-refractivity contribution in [1.82, 2.24) is 4.57 Å². The van der Waals surface area contributed by atoms with Crippen molar-refractivity contribution in [2.24, 2.45) is 0 Å². The minimum Gasteiger partial charge on any atom is -0.501 e. The Labute approximate surface area is 212 Å². The molecule has 4 aromatic rings. The average molecular weight is 498 g/mol. The molecule has 2 heterocycles. The molecule has 0 atom stereocenters. The standard InChI is InChI=1S/C30H30N2OPS/c1-24-30(34(35,27-16-5-3-6-17-27)28-18-7-4-8-19-28)32-21-10-9-20-29(32)31(24)22-12-14-25-13-11-15-26(23-25)33-2/h3-10,12-14,16-21,23H,11,15,22H2,1-2H3/q+1/b14-12+. The molecule has 0 unspecified atom stereocenters. The lowest BCUT2D eigenvalue weighted by Crippen LogP contribution is -2.42. The van der Waals surface area contributed by atoms with Crippen LogP contribution in [0.4, 0.5) is 0 Å². The number of hydrogen-bond acceptors (Lipinski definition) is 2. The van der Waals surface area contributed by atoms with Crippen LogP contribution >= 0.6 is 6.04 Å². The van der Waals surface area contributed by atoms with Crippen LogP contribution in [0.2, 0.25) is 0 Å². The van der Waals surface area contributed by atoms with Crippen LogP contribution in [0.15, 0.2) is 121 Å². The molecule has 1 aliphatic carbocycles. The van der Waals surface area contributed by atoms with Crippen molar-refractivity contribution in [2.75, 3.05) is 7.11 Å². The fraction of sp³-hybridized carbons (Fsp3) is 0.167. The second-order valence-electron chi connectivity index (χ2n) is 8.69. The van der Waals surface area contributed by atoms with E-state index in [0.717, 1.165) is 30.8 Å². The third kappa shape index (κ3) is 4.45. The Morgan fingerprint density at radius 3 is 2.29 bits per heavy atom. The van der Waals surface area contributed by atoms with E-state index in [4.69, 9.17) is 16.5 Å². The molecule has 0 radical (unpaired) electrons. The van der Waals surface area contributed by atoms with Crippen molar-refractivity contribution < 1.29 is 9.14 Å². The van der Waals surface area contributed by atoms with Gasteiger partial charge in [0.1, 0.15) is 12.2 Å². The van der Waals surface area contributed by atoms with Crippen LogP contribution in [0.1, 0.15) is 18.5 Å². The maximum atomic E-state index is 6.70. The van der Waals surface area contributed by atoms with E-state index < -0.39 is 6.04 Å². The maximum Gasteiger partial charge on any atom is 0.287 e. The molecule has 0 amide bonds. The Morgan fingerprint density at radius 2 is 1.63 bits per heavy atom. The van der Waals surface area contributed by atoms with Crippen molar-refractivity contribution in [2.45, 2.75) is 26.3 Å². The monoisotopic (exact) mass is 497 g/mol.